The third-order valence-electron chi connectivity index (χ3n) is 5.44. The summed E-state index contributed by atoms with van der Waals surface area (Å²) in [4.78, 5) is 0. The lowest BCUT2D eigenvalue weighted by atomic mass is 9.66. The number of rotatable bonds is 3. The molecule has 2 aliphatic rings. The summed E-state index contributed by atoms with van der Waals surface area (Å²) >= 11 is 10.2. The predicted octanol–water partition coefficient (Wildman–Crippen LogP) is 6.21. The first-order valence-corrected chi connectivity index (χ1v) is 9.34. The van der Waals surface area contributed by atoms with E-state index in [0.29, 0.717) is 5.38 Å². The van der Waals surface area contributed by atoms with Gasteiger partial charge < -0.3 is 0 Å². The van der Waals surface area contributed by atoms with E-state index in [9.17, 15) is 0 Å². The first-order chi connectivity index (χ1) is 9.72. The standard InChI is InChI=1S/C18H24BrCl/c19-17-9-5-13(6-10-17)11-18(20)16-8-7-14-3-1-2-4-15(14)12-16/h5-6,9-10,14-16,18H,1-4,7-8,11-12H2. The molecule has 0 nitrogen and oxygen atoms in total. The molecule has 2 saturated carbocycles. The SMILES string of the molecule is ClC(Cc1ccc(Br)cc1)C1CCC2CCCCC2C1. The third kappa shape index (κ3) is 3.60. The van der Waals surface area contributed by atoms with Gasteiger partial charge in [-0.3, -0.25) is 0 Å². The monoisotopic (exact) mass is 354 g/mol. The number of benzene rings is 1. The van der Waals surface area contributed by atoms with Crippen molar-refractivity contribution in [3.63, 3.8) is 0 Å². The second-order valence-corrected chi connectivity index (χ2v) is 8.20. The van der Waals surface area contributed by atoms with Crippen LogP contribution in [-0.2, 0) is 6.42 Å². The van der Waals surface area contributed by atoms with Crippen LogP contribution in [0.2, 0.25) is 0 Å². The van der Waals surface area contributed by atoms with Gasteiger partial charge in [0.15, 0.2) is 0 Å². The molecule has 0 heterocycles. The van der Waals surface area contributed by atoms with E-state index in [-0.39, 0.29) is 0 Å². The minimum Gasteiger partial charge on any atom is -0.122 e. The summed E-state index contributed by atoms with van der Waals surface area (Å²) < 4.78 is 1.15. The van der Waals surface area contributed by atoms with Gasteiger partial charge >= 0.3 is 0 Å². The fourth-order valence-corrected chi connectivity index (χ4v) is 4.92. The Kier molecular flexibility index (Phi) is 5.09. The molecule has 0 radical (unpaired) electrons. The second-order valence-electron chi connectivity index (χ2n) is 6.72. The first-order valence-electron chi connectivity index (χ1n) is 8.11. The van der Waals surface area contributed by atoms with Crippen LogP contribution in [0.3, 0.4) is 0 Å². The normalized spacial score (nSPS) is 31.6. The maximum absolute atomic E-state index is 6.75. The average molecular weight is 356 g/mol. The molecule has 0 bridgehead atoms. The Morgan fingerprint density at radius 2 is 1.70 bits per heavy atom. The summed E-state index contributed by atoms with van der Waals surface area (Å²) in [6, 6.07) is 8.64. The van der Waals surface area contributed by atoms with Crippen LogP contribution in [-0.4, -0.2) is 5.38 Å². The van der Waals surface area contributed by atoms with Gasteiger partial charge in [0.25, 0.3) is 0 Å². The molecule has 20 heavy (non-hydrogen) atoms. The number of halogens is 2. The predicted molar refractivity (Wildman–Crippen MR) is 90.3 cm³/mol. The molecule has 4 atom stereocenters. The van der Waals surface area contributed by atoms with Crippen LogP contribution < -0.4 is 0 Å². The van der Waals surface area contributed by atoms with Crippen molar-refractivity contribution in [3.8, 4) is 0 Å². The summed E-state index contributed by atoms with van der Waals surface area (Å²) in [5.74, 6) is 2.74. The van der Waals surface area contributed by atoms with Crippen molar-refractivity contribution in [1.82, 2.24) is 0 Å². The quantitative estimate of drug-likeness (QED) is 0.566. The summed E-state index contributed by atoms with van der Waals surface area (Å²) in [6.07, 6.45) is 11.1. The van der Waals surface area contributed by atoms with Crippen LogP contribution in [0.15, 0.2) is 28.7 Å². The number of alkyl halides is 1. The summed E-state index contributed by atoms with van der Waals surface area (Å²) in [5.41, 5.74) is 1.37. The summed E-state index contributed by atoms with van der Waals surface area (Å²) in [6.45, 7) is 0. The first kappa shape index (κ1) is 14.9. The van der Waals surface area contributed by atoms with Crippen LogP contribution >= 0.6 is 27.5 Å². The van der Waals surface area contributed by atoms with Crippen LogP contribution in [0, 0.1) is 17.8 Å². The van der Waals surface area contributed by atoms with Crippen molar-refractivity contribution >= 4 is 27.5 Å². The molecule has 2 fully saturated rings. The van der Waals surface area contributed by atoms with E-state index in [1.54, 1.807) is 0 Å². The van der Waals surface area contributed by atoms with Crippen LogP contribution in [0.25, 0.3) is 0 Å². The van der Waals surface area contributed by atoms with E-state index in [1.807, 2.05) is 0 Å². The summed E-state index contributed by atoms with van der Waals surface area (Å²) in [5, 5.41) is 0.319. The highest BCUT2D eigenvalue weighted by molar-refractivity contribution is 9.10. The van der Waals surface area contributed by atoms with Crippen molar-refractivity contribution in [2.24, 2.45) is 17.8 Å². The van der Waals surface area contributed by atoms with Gasteiger partial charge in [-0.2, -0.15) is 0 Å². The molecule has 0 spiro atoms. The Morgan fingerprint density at radius 3 is 2.45 bits per heavy atom. The fraction of sp³-hybridized carbons (Fsp3) is 0.667. The molecule has 2 aliphatic carbocycles. The highest BCUT2D eigenvalue weighted by atomic mass is 79.9. The second kappa shape index (κ2) is 6.83. The van der Waals surface area contributed by atoms with Gasteiger partial charge in [-0.1, -0.05) is 53.7 Å². The van der Waals surface area contributed by atoms with Crippen molar-refractivity contribution in [3.05, 3.63) is 34.3 Å². The Morgan fingerprint density at radius 1 is 1.00 bits per heavy atom. The minimum atomic E-state index is 0.319. The zero-order valence-electron chi connectivity index (χ0n) is 12.0. The van der Waals surface area contributed by atoms with E-state index >= 15 is 0 Å². The lowest BCUT2D eigenvalue weighted by molar-refractivity contribution is 0.127. The molecule has 3 rings (SSSR count). The van der Waals surface area contributed by atoms with Gasteiger partial charge in [-0.25, -0.2) is 0 Å². The number of hydrogen-bond acceptors (Lipinski definition) is 0. The maximum atomic E-state index is 6.75. The molecule has 4 unspecified atom stereocenters. The van der Waals surface area contributed by atoms with Crippen LogP contribution in [0.5, 0.6) is 0 Å². The van der Waals surface area contributed by atoms with E-state index in [2.05, 4.69) is 40.2 Å². The number of fused-ring (bicyclic) bond motifs is 1. The molecule has 0 aromatic heterocycles. The van der Waals surface area contributed by atoms with Crippen molar-refractivity contribution in [1.29, 1.82) is 0 Å². The topological polar surface area (TPSA) is 0 Å². The van der Waals surface area contributed by atoms with Gasteiger partial charge in [0.05, 0.1) is 0 Å². The highest BCUT2D eigenvalue weighted by Gasteiger charge is 2.34. The van der Waals surface area contributed by atoms with E-state index in [0.717, 1.165) is 28.6 Å². The number of hydrogen-bond donors (Lipinski definition) is 0. The zero-order valence-corrected chi connectivity index (χ0v) is 14.4. The van der Waals surface area contributed by atoms with E-state index < -0.39 is 0 Å². The highest BCUT2D eigenvalue weighted by Crippen LogP contribution is 2.44. The Hall–Kier alpha value is -0.0100. The molecular weight excluding hydrogens is 332 g/mol. The largest absolute Gasteiger partial charge is 0.122 e. The molecule has 2 heteroatoms. The molecule has 1 aromatic carbocycles. The van der Waals surface area contributed by atoms with Gasteiger partial charge in [-0.05, 0) is 61.1 Å². The molecule has 0 N–H and O–H groups in total. The van der Waals surface area contributed by atoms with Gasteiger partial charge in [0.1, 0.15) is 0 Å². The van der Waals surface area contributed by atoms with Gasteiger partial charge in [0.2, 0.25) is 0 Å². The van der Waals surface area contributed by atoms with Crippen LogP contribution in [0.4, 0.5) is 0 Å². The van der Waals surface area contributed by atoms with Crippen molar-refractivity contribution in [2.45, 2.75) is 56.7 Å². The lowest BCUT2D eigenvalue weighted by Crippen LogP contribution is -2.32. The fourth-order valence-electron chi connectivity index (χ4n) is 4.25. The Balaban J connectivity index is 1.57. The van der Waals surface area contributed by atoms with Crippen molar-refractivity contribution in [2.75, 3.05) is 0 Å². The molecule has 0 aliphatic heterocycles. The lowest BCUT2D eigenvalue weighted by Gasteiger charge is -2.40. The van der Waals surface area contributed by atoms with Crippen molar-refractivity contribution < 1.29 is 0 Å². The molecule has 0 saturated heterocycles. The molecular formula is C18H24BrCl. The molecule has 0 amide bonds. The maximum Gasteiger partial charge on any atom is 0.0404 e. The Labute approximate surface area is 136 Å². The van der Waals surface area contributed by atoms with Gasteiger partial charge in [-0.15, -0.1) is 11.6 Å². The smallest absolute Gasteiger partial charge is 0.0404 e. The van der Waals surface area contributed by atoms with Gasteiger partial charge in [0, 0.05) is 9.85 Å². The van der Waals surface area contributed by atoms with E-state index in [1.165, 1.54) is 50.5 Å². The Bertz CT molecular complexity index is 428. The average Bonchev–Trinajstić information content (AvgIpc) is 2.49. The minimum absolute atomic E-state index is 0.319. The zero-order chi connectivity index (χ0) is 13.9. The summed E-state index contributed by atoms with van der Waals surface area (Å²) in [7, 11) is 0. The molecule has 1 aromatic rings. The third-order valence-corrected chi connectivity index (χ3v) is 6.48. The van der Waals surface area contributed by atoms with E-state index in [4.69, 9.17) is 11.6 Å². The molecule has 110 valence electrons. The van der Waals surface area contributed by atoms with Crippen LogP contribution in [0.1, 0.15) is 50.5 Å².